The maximum absolute atomic E-state index is 12.8. The van der Waals surface area contributed by atoms with Crippen molar-refractivity contribution in [2.75, 3.05) is 0 Å². The van der Waals surface area contributed by atoms with Crippen LogP contribution in [0.2, 0.25) is 5.02 Å². The molecule has 4 rings (SSSR count). The molecule has 1 aliphatic heterocycles. The molecule has 1 aromatic carbocycles. The van der Waals surface area contributed by atoms with Crippen LogP contribution in [0.15, 0.2) is 60.4 Å². The first-order valence-electron chi connectivity index (χ1n) is 9.13. The number of pyridine rings is 1. The third kappa shape index (κ3) is 3.67. The van der Waals surface area contributed by atoms with Crippen LogP contribution >= 0.6 is 11.6 Å². The Morgan fingerprint density at radius 3 is 2.55 bits per heavy atom. The minimum atomic E-state index is -0.435. The highest BCUT2D eigenvalue weighted by Crippen LogP contribution is 2.23. The molecule has 146 valence electrons. The van der Waals surface area contributed by atoms with Gasteiger partial charge in [-0.2, -0.15) is 0 Å². The summed E-state index contributed by atoms with van der Waals surface area (Å²) in [6.45, 7) is 4.12. The summed E-state index contributed by atoms with van der Waals surface area (Å²) in [6, 6.07) is 14.3. The Morgan fingerprint density at radius 1 is 1.10 bits per heavy atom. The first kappa shape index (κ1) is 19.0. The first-order chi connectivity index (χ1) is 13.9. The number of aromatic nitrogens is 2. The Bertz CT molecular complexity index is 1120. The van der Waals surface area contributed by atoms with Crippen LogP contribution < -0.4 is 5.32 Å². The lowest BCUT2D eigenvalue weighted by Gasteiger charge is -2.11. The van der Waals surface area contributed by atoms with Gasteiger partial charge in [0.15, 0.2) is 0 Å². The first-order valence-corrected chi connectivity index (χ1v) is 9.51. The molecule has 7 heteroatoms. The number of carbonyl (C=O) groups excluding carboxylic acids is 2. The van der Waals surface area contributed by atoms with Crippen LogP contribution in [-0.4, -0.2) is 26.4 Å². The molecule has 1 aliphatic rings. The Kier molecular flexibility index (Phi) is 4.94. The minimum Gasteiger partial charge on any atom is -0.303 e. The maximum Gasteiger partial charge on any atom is 0.329 e. The smallest absolute Gasteiger partial charge is 0.303 e. The van der Waals surface area contributed by atoms with E-state index in [1.807, 2.05) is 42.7 Å². The number of halogens is 1. The molecule has 3 heterocycles. The van der Waals surface area contributed by atoms with Crippen molar-refractivity contribution in [1.82, 2.24) is 19.8 Å². The van der Waals surface area contributed by atoms with Gasteiger partial charge in [-0.15, -0.1) is 0 Å². The van der Waals surface area contributed by atoms with Crippen molar-refractivity contribution in [2.45, 2.75) is 20.4 Å². The van der Waals surface area contributed by atoms with Crippen LogP contribution in [0.25, 0.3) is 11.9 Å². The van der Waals surface area contributed by atoms with Crippen LogP contribution in [-0.2, 0) is 11.3 Å². The molecule has 6 nitrogen and oxygen atoms in total. The number of nitrogens with zero attached hydrogens (tertiary/aromatic N) is 3. The van der Waals surface area contributed by atoms with Gasteiger partial charge in [0.05, 0.1) is 6.54 Å². The van der Waals surface area contributed by atoms with Crippen molar-refractivity contribution in [3.8, 4) is 5.82 Å². The minimum absolute atomic E-state index is 0.187. The Labute approximate surface area is 173 Å². The zero-order valence-corrected chi connectivity index (χ0v) is 16.8. The summed E-state index contributed by atoms with van der Waals surface area (Å²) in [5.74, 6) is 0.450. The molecular formula is C22H19ClN4O2. The molecule has 0 saturated carbocycles. The summed E-state index contributed by atoms with van der Waals surface area (Å²) >= 11 is 5.90. The molecule has 0 atom stereocenters. The zero-order chi connectivity index (χ0) is 20.5. The van der Waals surface area contributed by atoms with Gasteiger partial charge < -0.3 is 9.88 Å². The van der Waals surface area contributed by atoms with E-state index in [1.165, 1.54) is 4.90 Å². The third-order valence-corrected chi connectivity index (χ3v) is 5.12. The summed E-state index contributed by atoms with van der Waals surface area (Å²) < 4.78 is 2.01. The van der Waals surface area contributed by atoms with Gasteiger partial charge in [0.2, 0.25) is 0 Å². The fourth-order valence-corrected chi connectivity index (χ4v) is 3.54. The average Bonchev–Trinajstić information content (AvgIpc) is 3.14. The molecule has 0 unspecified atom stereocenters. The van der Waals surface area contributed by atoms with E-state index < -0.39 is 6.03 Å². The lowest BCUT2D eigenvalue weighted by Crippen LogP contribution is -2.30. The van der Waals surface area contributed by atoms with Crippen molar-refractivity contribution in [3.05, 3.63) is 88.0 Å². The summed E-state index contributed by atoms with van der Waals surface area (Å²) in [5.41, 5.74) is 3.86. The van der Waals surface area contributed by atoms with E-state index in [1.54, 1.807) is 36.5 Å². The van der Waals surface area contributed by atoms with Crippen molar-refractivity contribution >= 4 is 29.6 Å². The molecule has 0 bridgehead atoms. The average molecular weight is 407 g/mol. The highest BCUT2D eigenvalue weighted by molar-refractivity contribution is 6.30. The number of benzene rings is 1. The normalized spacial score (nSPS) is 15.3. The number of hydrogen-bond donors (Lipinski definition) is 1. The largest absolute Gasteiger partial charge is 0.329 e. The molecular weight excluding hydrogens is 388 g/mol. The summed E-state index contributed by atoms with van der Waals surface area (Å²) in [5, 5.41) is 3.28. The van der Waals surface area contributed by atoms with Gasteiger partial charge in [-0.25, -0.2) is 9.78 Å². The Balaban J connectivity index is 1.62. The Hall–Kier alpha value is -3.38. The van der Waals surface area contributed by atoms with E-state index in [9.17, 15) is 9.59 Å². The molecule has 1 fully saturated rings. The molecule has 1 saturated heterocycles. The van der Waals surface area contributed by atoms with Crippen LogP contribution in [0, 0.1) is 13.8 Å². The number of urea groups is 1. The van der Waals surface area contributed by atoms with Crippen LogP contribution in [0.3, 0.4) is 0 Å². The van der Waals surface area contributed by atoms with Crippen molar-refractivity contribution in [2.24, 2.45) is 0 Å². The van der Waals surface area contributed by atoms with Crippen LogP contribution in [0.5, 0.6) is 0 Å². The molecule has 29 heavy (non-hydrogen) atoms. The molecule has 3 amide bonds. The molecule has 0 spiro atoms. The van der Waals surface area contributed by atoms with Gasteiger partial charge in [-0.3, -0.25) is 9.69 Å². The molecule has 1 N–H and O–H groups in total. The second-order valence-corrected chi connectivity index (χ2v) is 7.29. The van der Waals surface area contributed by atoms with Gasteiger partial charge in [-0.1, -0.05) is 29.8 Å². The number of carbonyl (C=O) groups is 2. The number of rotatable bonds is 4. The topological polar surface area (TPSA) is 67.2 Å². The summed E-state index contributed by atoms with van der Waals surface area (Å²) in [7, 11) is 0. The zero-order valence-electron chi connectivity index (χ0n) is 16.0. The molecule has 3 aromatic rings. The monoisotopic (exact) mass is 406 g/mol. The van der Waals surface area contributed by atoms with Gasteiger partial charge in [0, 0.05) is 22.6 Å². The van der Waals surface area contributed by atoms with E-state index in [2.05, 4.69) is 10.3 Å². The quantitative estimate of drug-likeness (QED) is 0.520. The third-order valence-electron chi connectivity index (χ3n) is 4.86. The van der Waals surface area contributed by atoms with Crippen LogP contribution in [0.1, 0.15) is 22.5 Å². The van der Waals surface area contributed by atoms with E-state index in [4.69, 9.17) is 11.6 Å². The number of imide groups is 1. The highest BCUT2D eigenvalue weighted by Gasteiger charge is 2.33. The van der Waals surface area contributed by atoms with Gasteiger partial charge in [-0.05, 0) is 61.4 Å². The summed E-state index contributed by atoms with van der Waals surface area (Å²) in [4.78, 5) is 30.7. The lowest BCUT2D eigenvalue weighted by atomic mass is 10.2. The SMILES string of the molecule is Cc1cc(/C=C2\NC(=O)N(Cc3ccc(Cl)cc3)C2=O)c(C)n1-c1ccccn1. The molecule has 2 aromatic heterocycles. The van der Waals surface area contributed by atoms with Gasteiger partial charge in [0.1, 0.15) is 11.5 Å². The fourth-order valence-electron chi connectivity index (χ4n) is 3.42. The van der Waals surface area contributed by atoms with Crippen LogP contribution in [0.4, 0.5) is 4.79 Å². The number of nitrogens with one attached hydrogen (secondary N) is 1. The fraction of sp³-hybridized carbons (Fsp3) is 0.136. The summed E-state index contributed by atoms with van der Waals surface area (Å²) in [6.07, 6.45) is 3.45. The van der Waals surface area contributed by atoms with Crippen molar-refractivity contribution in [3.63, 3.8) is 0 Å². The van der Waals surface area contributed by atoms with E-state index in [0.717, 1.165) is 28.3 Å². The molecule has 0 aliphatic carbocycles. The Morgan fingerprint density at radius 2 is 1.86 bits per heavy atom. The van der Waals surface area contributed by atoms with Gasteiger partial charge >= 0.3 is 6.03 Å². The highest BCUT2D eigenvalue weighted by atomic mass is 35.5. The second-order valence-electron chi connectivity index (χ2n) is 6.86. The van der Waals surface area contributed by atoms with Crippen molar-refractivity contribution in [1.29, 1.82) is 0 Å². The molecule has 0 radical (unpaired) electrons. The van der Waals surface area contributed by atoms with E-state index in [0.29, 0.717) is 5.02 Å². The number of hydrogen-bond acceptors (Lipinski definition) is 3. The van der Waals surface area contributed by atoms with Gasteiger partial charge in [0.25, 0.3) is 5.91 Å². The predicted octanol–water partition coefficient (Wildman–Crippen LogP) is 4.24. The predicted molar refractivity (Wildman–Crippen MR) is 112 cm³/mol. The van der Waals surface area contributed by atoms with Crippen molar-refractivity contribution < 1.29 is 9.59 Å². The number of amides is 3. The number of aryl methyl sites for hydroxylation is 1. The lowest BCUT2D eigenvalue weighted by molar-refractivity contribution is -0.123. The van der Waals surface area contributed by atoms with E-state index in [-0.39, 0.29) is 18.1 Å². The standard InChI is InChI=1S/C22H19ClN4O2/c1-14-11-17(15(2)27(14)20-5-3-4-10-24-20)12-19-21(28)26(22(29)25-19)13-16-6-8-18(23)9-7-16/h3-12H,13H2,1-2H3,(H,25,29)/b19-12-. The second kappa shape index (κ2) is 7.56. The van der Waals surface area contributed by atoms with E-state index >= 15 is 0 Å². The maximum atomic E-state index is 12.8.